The van der Waals surface area contributed by atoms with Gasteiger partial charge < -0.3 is 14.2 Å². The zero-order chi connectivity index (χ0) is 11.8. The summed E-state index contributed by atoms with van der Waals surface area (Å²) in [6.07, 6.45) is 0. The highest BCUT2D eigenvalue weighted by Gasteiger charge is 2.01. The minimum absolute atomic E-state index is 0.0868. The molecule has 0 saturated carbocycles. The van der Waals surface area contributed by atoms with Crippen molar-refractivity contribution in [1.82, 2.24) is 0 Å². The molecule has 0 unspecified atom stereocenters. The van der Waals surface area contributed by atoms with Gasteiger partial charge in [0.1, 0.15) is 18.2 Å². The van der Waals surface area contributed by atoms with Crippen LogP contribution >= 0.6 is 11.6 Å². The number of ether oxygens (including phenoxy) is 3. The molecule has 0 fully saturated rings. The lowest BCUT2D eigenvalue weighted by molar-refractivity contribution is 0.0544. The van der Waals surface area contributed by atoms with Crippen molar-refractivity contribution < 1.29 is 18.6 Å². The zero-order valence-electron chi connectivity index (χ0n) is 9.04. The van der Waals surface area contributed by atoms with Crippen molar-refractivity contribution in [2.45, 2.75) is 0 Å². The Balaban J connectivity index is 2.19. The summed E-state index contributed by atoms with van der Waals surface area (Å²) < 4.78 is 28.2. The molecule has 0 aliphatic carbocycles. The number of hydrogen-bond donors (Lipinski definition) is 0. The molecule has 0 aromatic heterocycles. The second-order valence-electron chi connectivity index (χ2n) is 3.03. The van der Waals surface area contributed by atoms with Gasteiger partial charge in [0.2, 0.25) is 0 Å². The van der Waals surface area contributed by atoms with E-state index in [2.05, 4.69) is 0 Å². The predicted molar refractivity (Wildman–Crippen MR) is 59.6 cm³/mol. The molecule has 0 saturated heterocycles. The molecule has 16 heavy (non-hydrogen) atoms. The average Bonchev–Trinajstić information content (AvgIpc) is 2.28. The van der Waals surface area contributed by atoms with Crippen molar-refractivity contribution in [3.05, 3.63) is 29.0 Å². The molecule has 1 rings (SSSR count). The predicted octanol–water partition coefficient (Wildman–Crippen LogP) is 2.52. The molecule has 1 aromatic rings. The van der Waals surface area contributed by atoms with Crippen molar-refractivity contribution in [2.24, 2.45) is 0 Å². The van der Waals surface area contributed by atoms with Gasteiger partial charge in [-0.25, -0.2) is 4.39 Å². The summed E-state index contributed by atoms with van der Waals surface area (Å²) in [7, 11) is 1.61. The van der Waals surface area contributed by atoms with E-state index >= 15 is 0 Å². The van der Waals surface area contributed by atoms with E-state index in [0.29, 0.717) is 32.2 Å². The van der Waals surface area contributed by atoms with E-state index in [4.69, 9.17) is 25.8 Å². The van der Waals surface area contributed by atoms with Crippen LogP contribution in [0.3, 0.4) is 0 Å². The second kappa shape index (κ2) is 7.44. The average molecular weight is 249 g/mol. The largest absolute Gasteiger partial charge is 0.491 e. The van der Waals surface area contributed by atoms with Crippen LogP contribution in [0.4, 0.5) is 4.39 Å². The van der Waals surface area contributed by atoms with Gasteiger partial charge in [-0.15, -0.1) is 0 Å². The standard InChI is InChI=1S/C11H14ClFO3/c1-14-4-5-15-6-7-16-9-2-3-10(12)11(13)8-9/h2-3,8H,4-7H2,1H3. The monoisotopic (exact) mass is 248 g/mol. The van der Waals surface area contributed by atoms with Gasteiger partial charge in [0.15, 0.2) is 0 Å². The summed E-state index contributed by atoms with van der Waals surface area (Å²) in [4.78, 5) is 0. The van der Waals surface area contributed by atoms with Crippen molar-refractivity contribution in [3.8, 4) is 5.75 Å². The van der Waals surface area contributed by atoms with E-state index < -0.39 is 5.82 Å². The molecule has 1 aromatic carbocycles. The summed E-state index contributed by atoms with van der Waals surface area (Å²) >= 11 is 5.53. The fourth-order valence-electron chi connectivity index (χ4n) is 1.03. The molecule has 0 spiro atoms. The SMILES string of the molecule is COCCOCCOc1ccc(Cl)c(F)c1. The third kappa shape index (κ3) is 4.79. The molecule has 90 valence electrons. The fourth-order valence-corrected chi connectivity index (χ4v) is 1.15. The first-order valence-corrected chi connectivity index (χ1v) is 5.26. The van der Waals surface area contributed by atoms with E-state index in [0.717, 1.165) is 0 Å². The Morgan fingerprint density at radius 2 is 1.94 bits per heavy atom. The smallest absolute Gasteiger partial charge is 0.145 e. The minimum atomic E-state index is -0.487. The number of halogens is 2. The Hall–Kier alpha value is -0.840. The third-order valence-electron chi connectivity index (χ3n) is 1.82. The fraction of sp³-hybridized carbons (Fsp3) is 0.455. The summed E-state index contributed by atoms with van der Waals surface area (Å²) in [6.45, 7) is 1.88. The number of rotatable bonds is 7. The molecule has 5 heteroatoms. The van der Waals surface area contributed by atoms with Gasteiger partial charge in [-0.05, 0) is 12.1 Å². The van der Waals surface area contributed by atoms with Crippen molar-refractivity contribution in [3.63, 3.8) is 0 Å². The third-order valence-corrected chi connectivity index (χ3v) is 2.13. The van der Waals surface area contributed by atoms with Crippen LogP contribution in [0.2, 0.25) is 5.02 Å². The summed E-state index contributed by atoms with van der Waals surface area (Å²) in [5.74, 6) is -0.0447. The Morgan fingerprint density at radius 1 is 1.19 bits per heavy atom. The Kier molecular flexibility index (Phi) is 6.15. The van der Waals surface area contributed by atoms with Gasteiger partial charge in [-0.2, -0.15) is 0 Å². The lowest BCUT2D eigenvalue weighted by Crippen LogP contribution is -2.10. The summed E-state index contributed by atoms with van der Waals surface area (Å²) in [5.41, 5.74) is 0. The van der Waals surface area contributed by atoms with Gasteiger partial charge in [-0.3, -0.25) is 0 Å². The molecule has 0 radical (unpaired) electrons. The van der Waals surface area contributed by atoms with Gasteiger partial charge >= 0.3 is 0 Å². The molecule has 0 heterocycles. The lowest BCUT2D eigenvalue weighted by Gasteiger charge is -2.07. The first-order chi connectivity index (χ1) is 7.74. The normalized spacial score (nSPS) is 10.4. The molecule has 0 aliphatic rings. The summed E-state index contributed by atoms with van der Waals surface area (Å²) in [6, 6.07) is 4.32. The number of methoxy groups -OCH3 is 1. The van der Waals surface area contributed by atoms with Gasteiger partial charge in [0.05, 0.1) is 24.8 Å². The molecule has 3 nitrogen and oxygen atoms in total. The molecule has 0 bridgehead atoms. The van der Waals surface area contributed by atoms with Crippen LogP contribution in [0, 0.1) is 5.82 Å². The molecule has 0 atom stereocenters. The number of hydrogen-bond acceptors (Lipinski definition) is 3. The van der Waals surface area contributed by atoms with Crippen LogP contribution in [0.5, 0.6) is 5.75 Å². The molecule has 0 aliphatic heterocycles. The van der Waals surface area contributed by atoms with E-state index in [1.54, 1.807) is 13.2 Å². The van der Waals surface area contributed by atoms with Crippen LogP contribution in [0.15, 0.2) is 18.2 Å². The first kappa shape index (κ1) is 13.2. The van der Waals surface area contributed by atoms with Crippen LogP contribution in [-0.4, -0.2) is 33.5 Å². The molecule has 0 N–H and O–H groups in total. The maximum absolute atomic E-state index is 13.0. The highest BCUT2D eigenvalue weighted by molar-refractivity contribution is 6.30. The maximum atomic E-state index is 13.0. The lowest BCUT2D eigenvalue weighted by atomic mass is 10.3. The first-order valence-electron chi connectivity index (χ1n) is 4.88. The second-order valence-corrected chi connectivity index (χ2v) is 3.44. The number of benzene rings is 1. The van der Waals surface area contributed by atoms with Crippen molar-refractivity contribution >= 4 is 11.6 Å². The Bertz CT molecular complexity index is 320. The van der Waals surface area contributed by atoms with Crippen LogP contribution in [0.1, 0.15) is 0 Å². The molecule has 0 amide bonds. The Morgan fingerprint density at radius 3 is 2.62 bits per heavy atom. The van der Waals surface area contributed by atoms with Gasteiger partial charge in [-0.1, -0.05) is 11.6 Å². The van der Waals surface area contributed by atoms with Crippen LogP contribution in [0.25, 0.3) is 0 Å². The maximum Gasteiger partial charge on any atom is 0.145 e. The Labute approximate surface area is 99.1 Å². The van der Waals surface area contributed by atoms with Crippen molar-refractivity contribution in [2.75, 3.05) is 33.5 Å². The minimum Gasteiger partial charge on any atom is -0.491 e. The van der Waals surface area contributed by atoms with Crippen LogP contribution in [-0.2, 0) is 9.47 Å². The highest BCUT2D eigenvalue weighted by atomic mass is 35.5. The van der Waals surface area contributed by atoms with E-state index in [9.17, 15) is 4.39 Å². The van der Waals surface area contributed by atoms with Gasteiger partial charge in [0, 0.05) is 13.2 Å². The van der Waals surface area contributed by atoms with E-state index in [1.165, 1.54) is 12.1 Å². The van der Waals surface area contributed by atoms with E-state index in [-0.39, 0.29) is 5.02 Å². The van der Waals surface area contributed by atoms with E-state index in [1.807, 2.05) is 0 Å². The highest BCUT2D eigenvalue weighted by Crippen LogP contribution is 2.20. The van der Waals surface area contributed by atoms with Gasteiger partial charge in [0.25, 0.3) is 0 Å². The van der Waals surface area contributed by atoms with Crippen molar-refractivity contribution in [1.29, 1.82) is 0 Å². The molecular weight excluding hydrogens is 235 g/mol. The van der Waals surface area contributed by atoms with Crippen LogP contribution < -0.4 is 4.74 Å². The topological polar surface area (TPSA) is 27.7 Å². The zero-order valence-corrected chi connectivity index (χ0v) is 9.80. The summed E-state index contributed by atoms with van der Waals surface area (Å²) in [5, 5.41) is 0.0868. The quantitative estimate of drug-likeness (QED) is 0.694. The molecular formula is C11H14ClFO3.